The zero-order chi connectivity index (χ0) is 18.0. The lowest BCUT2D eigenvalue weighted by atomic mass is 10.1. The van der Waals surface area contributed by atoms with Crippen molar-refractivity contribution >= 4 is 29.0 Å². The molecule has 0 saturated carbocycles. The Labute approximate surface area is 151 Å². The number of nitrogens with zero attached hydrogens (tertiary/aromatic N) is 4. The fraction of sp³-hybridized carbons (Fsp3) is 0.333. The highest BCUT2D eigenvalue weighted by Gasteiger charge is 2.16. The van der Waals surface area contributed by atoms with Crippen molar-refractivity contribution in [1.29, 1.82) is 0 Å². The van der Waals surface area contributed by atoms with Gasteiger partial charge in [0.1, 0.15) is 0 Å². The van der Waals surface area contributed by atoms with Crippen LogP contribution >= 0.6 is 11.6 Å². The van der Waals surface area contributed by atoms with Crippen LogP contribution in [0.1, 0.15) is 36.1 Å². The zero-order valence-corrected chi connectivity index (χ0v) is 15.3. The number of aryl methyl sites for hydroxylation is 3. The minimum Gasteiger partial charge on any atom is -0.326 e. The molecule has 0 atom stereocenters. The van der Waals surface area contributed by atoms with E-state index in [1.807, 2.05) is 13.8 Å². The Balaban J connectivity index is 1.84. The molecule has 130 valence electrons. The van der Waals surface area contributed by atoms with Crippen LogP contribution in [0.15, 0.2) is 24.3 Å². The van der Waals surface area contributed by atoms with E-state index in [9.17, 15) is 4.79 Å². The Kier molecular flexibility index (Phi) is 4.99. The van der Waals surface area contributed by atoms with Gasteiger partial charge in [0.2, 0.25) is 5.91 Å². The first-order valence-electron chi connectivity index (χ1n) is 8.25. The Morgan fingerprint density at radius 1 is 1.20 bits per heavy atom. The molecular formula is C18H20ClN5O. The van der Waals surface area contributed by atoms with Crippen LogP contribution in [-0.2, 0) is 17.6 Å². The van der Waals surface area contributed by atoms with Crippen LogP contribution in [0.5, 0.6) is 0 Å². The maximum absolute atomic E-state index is 12.4. The molecule has 2 aromatic heterocycles. The fourth-order valence-corrected chi connectivity index (χ4v) is 2.86. The molecule has 7 heteroatoms. The standard InChI is InChI=1S/C18H20ClN5O/c1-4-5-16-22-18-20-11(2)15(12(3)24(18)23-16)10-17(25)21-14-8-6-13(19)7-9-14/h6-9H,4-5,10H2,1-3H3,(H,21,25). The lowest BCUT2D eigenvalue weighted by molar-refractivity contribution is -0.115. The summed E-state index contributed by atoms with van der Waals surface area (Å²) in [6.07, 6.45) is 2.02. The van der Waals surface area contributed by atoms with E-state index in [-0.39, 0.29) is 12.3 Å². The second kappa shape index (κ2) is 7.19. The number of aromatic nitrogens is 4. The van der Waals surface area contributed by atoms with Crippen LogP contribution in [0.25, 0.3) is 5.78 Å². The normalized spacial score (nSPS) is 11.0. The molecule has 0 aliphatic carbocycles. The minimum absolute atomic E-state index is 0.108. The fourth-order valence-electron chi connectivity index (χ4n) is 2.73. The molecule has 6 nitrogen and oxygen atoms in total. The largest absolute Gasteiger partial charge is 0.326 e. The summed E-state index contributed by atoms with van der Waals surface area (Å²) in [6, 6.07) is 7.03. The first-order valence-corrected chi connectivity index (χ1v) is 8.63. The number of benzene rings is 1. The smallest absolute Gasteiger partial charge is 0.252 e. The number of rotatable bonds is 5. The molecule has 3 aromatic rings. The van der Waals surface area contributed by atoms with Crippen molar-refractivity contribution in [3.63, 3.8) is 0 Å². The molecule has 1 N–H and O–H groups in total. The van der Waals surface area contributed by atoms with Gasteiger partial charge in [0.25, 0.3) is 5.78 Å². The van der Waals surface area contributed by atoms with Gasteiger partial charge in [0.15, 0.2) is 5.82 Å². The van der Waals surface area contributed by atoms with Crippen molar-refractivity contribution in [2.45, 2.75) is 40.0 Å². The van der Waals surface area contributed by atoms with Crippen LogP contribution in [0.4, 0.5) is 5.69 Å². The Hall–Kier alpha value is -2.47. The van der Waals surface area contributed by atoms with E-state index in [1.165, 1.54) is 0 Å². The number of halogens is 1. The number of hydrogen-bond donors (Lipinski definition) is 1. The number of amides is 1. The summed E-state index contributed by atoms with van der Waals surface area (Å²) >= 11 is 5.86. The lowest BCUT2D eigenvalue weighted by Gasteiger charge is -2.11. The van der Waals surface area contributed by atoms with Crippen LogP contribution in [0.2, 0.25) is 5.02 Å². The summed E-state index contributed by atoms with van der Waals surface area (Å²) in [5.74, 6) is 1.25. The molecule has 0 bridgehead atoms. The van der Waals surface area contributed by atoms with Crippen molar-refractivity contribution in [2.75, 3.05) is 5.32 Å². The highest BCUT2D eigenvalue weighted by atomic mass is 35.5. The second-order valence-electron chi connectivity index (χ2n) is 5.98. The van der Waals surface area contributed by atoms with Gasteiger partial charge in [-0.15, -0.1) is 5.10 Å². The molecule has 0 aliphatic heterocycles. The summed E-state index contributed by atoms with van der Waals surface area (Å²) in [5.41, 5.74) is 3.27. The molecule has 0 unspecified atom stereocenters. The highest BCUT2D eigenvalue weighted by molar-refractivity contribution is 6.30. The first kappa shape index (κ1) is 17.4. The third kappa shape index (κ3) is 3.79. The van der Waals surface area contributed by atoms with E-state index < -0.39 is 0 Å². The third-order valence-corrected chi connectivity index (χ3v) is 4.28. The minimum atomic E-state index is -0.108. The molecule has 3 rings (SSSR count). The quantitative estimate of drug-likeness (QED) is 0.758. The molecule has 1 aromatic carbocycles. The molecule has 0 radical (unpaired) electrons. The van der Waals surface area contributed by atoms with E-state index in [4.69, 9.17) is 11.6 Å². The Morgan fingerprint density at radius 2 is 1.92 bits per heavy atom. The molecule has 0 aliphatic rings. The lowest BCUT2D eigenvalue weighted by Crippen LogP contribution is -2.17. The number of carbonyl (C=O) groups is 1. The van der Waals surface area contributed by atoms with Crippen LogP contribution in [-0.4, -0.2) is 25.5 Å². The number of nitrogens with one attached hydrogen (secondary N) is 1. The van der Waals surface area contributed by atoms with E-state index in [0.29, 0.717) is 16.5 Å². The average Bonchev–Trinajstić information content (AvgIpc) is 2.97. The number of carbonyl (C=O) groups excluding carboxylic acids is 1. The molecule has 1 amide bonds. The molecule has 0 fully saturated rings. The van der Waals surface area contributed by atoms with Gasteiger partial charge in [-0.2, -0.15) is 4.98 Å². The van der Waals surface area contributed by atoms with Gasteiger partial charge in [-0.05, 0) is 44.5 Å². The van der Waals surface area contributed by atoms with Gasteiger partial charge in [-0.3, -0.25) is 4.79 Å². The van der Waals surface area contributed by atoms with Crippen LogP contribution < -0.4 is 5.32 Å². The third-order valence-electron chi connectivity index (χ3n) is 4.03. The van der Waals surface area contributed by atoms with Crippen molar-refractivity contribution in [3.8, 4) is 0 Å². The summed E-state index contributed by atoms with van der Waals surface area (Å²) in [5, 5.41) is 8.01. The zero-order valence-electron chi connectivity index (χ0n) is 14.5. The predicted molar refractivity (Wildman–Crippen MR) is 98.0 cm³/mol. The van der Waals surface area contributed by atoms with Gasteiger partial charge >= 0.3 is 0 Å². The van der Waals surface area contributed by atoms with Crippen molar-refractivity contribution in [1.82, 2.24) is 19.6 Å². The predicted octanol–water partition coefficient (Wildman–Crippen LogP) is 3.53. The molecular weight excluding hydrogens is 338 g/mol. The summed E-state index contributed by atoms with van der Waals surface area (Å²) in [4.78, 5) is 21.3. The Morgan fingerprint density at radius 3 is 2.60 bits per heavy atom. The SMILES string of the molecule is CCCc1nc2nc(C)c(CC(=O)Nc3ccc(Cl)cc3)c(C)n2n1. The Bertz CT molecular complexity index is 917. The molecule has 0 spiro atoms. The van der Waals surface area contributed by atoms with Crippen molar-refractivity contribution in [2.24, 2.45) is 0 Å². The number of hydrogen-bond acceptors (Lipinski definition) is 4. The summed E-state index contributed by atoms with van der Waals surface area (Å²) < 4.78 is 1.73. The summed E-state index contributed by atoms with van der Waals surface area (Å²) in [7, 11) is 0. The van der Waals surface area contributed by atoms with Gasteiger partial charge in [-0.1, -0.05) is 18.5 Å². The second-order valence-corrected chi connectivity index (χ2v) is 6.42. The number of fused-ring (bicyclic) bond motifs is 1. The van der Waals surface area contributed by atoms with E-state index in [0.717, 1.165) is 35.6 Å². The van der Waals surface area contributed by atoms with Gasteiger partial charge in [0.05, 0.1) is 6.42 Å². The van der Waals surface area contributed by atoms with Crippen molar-refractivity contribution < 1.29 is 4.79 Å². The van der Waals surface area contributed by atoms with Crippen molar-refractivity contribution in [3.05, 3.63) is 52.1 Å². The number of anilines is 1. The molecule has 25 heavy (non-hydrogen) atoms. The van der Waals surface area contributed by atoms with Gasteiger partial charge in [0, 0.05) is 34.1 Å². The van der Waals surface area contributed by atoms with E-state index in [1.54, 1.807) is 28.8 Å². The monoisotopic (exact) mass is 357 g/mol. The first-order chi connectivity index (χ1) is 12.0. The van der Waals surface area contributed by atoms with Gasteiger partial charge < -0.3 is 5.32 Å². The average molecular weight is 358 g/mol. The van der Waals surface area contributed by atoms with Crippen LogP contribution in [0.3, 0.4) is 0 Å². The molecule has 2 heterocycles. The summed E-state index contributed by atoms with van der Waals surface area (Å²) in [6.45, 7) is 5.92. The maximum atomic E-state index is 12.4. The van der Waals surface area contributed by atoms with E-state index >= 15 is 0 Å². The van der Waals surface area contributed by atoms with E-state index in [2.05, 4.69) is 27.3 Å². The molecule has 0 saturated heterocycles. The topological polar surface area (TPSA) is 72.2 Å². The van der Waals surface area contributed by atoms with Gasteiger partial charge in [-0.25, -0.2) is 9.50 Å². The maximum Gasteiger partial charge on any atom is 0.252 e. The van der Waals surface area contributed by atoms with Crippen LogP contribution in [0, 0.1) is 13.8 Å². The highest BCUT2D eigenvalue weighted by Crippen LogP contribution is 2.17.